The molecule has 2 heterocycles. The second-order valence-electron chi connectivity index (χ2n) is 7.33. The number of aromatic nitrogens is 1. The van der Waals surface area contributed by atoms with E-state index in [1.807, 2.05) is 53.6 Å². The molecule has 0 atom stereocenters. The van der Waals surface area contributed by atoms with Crippen molar-refractivity contribution in [3.05, 3.63) is 59.2 Å². The highest BCUT2D eigenvalue weighted by atomic mass is 35.5. The third-order valence-electron chi connectivity index (χ3n) is 5.28. The highest BCUT2D eigenvalue weighted by Gasteiger charge is 2.33. The molecule has 6 heteroatoms. The lowest BCUT2D eigenvalue weighted by atomic mass is 10.2. The standard InChI is InChI=1S/C21H25ClN4O/c22-18-6-4-17(5-7-18)15-26(19-8-9-19)21(27)16-24-11-13-25(14-12-24)20-3-1-2-10-23-20/h1-7,10,19H,8-9,11-16H2. The van der Waals surface area contributed by atoms with Gasteiger partial charge in [-0.05, 0) is 42.7 Å². The lowest BCUT2D eigenvalue weighted by Crippen LogP contribution is -2.50. The minimum absolute atomic E-state index is 0.235. The molecule has 0 bridgehead atoms. The maximum atomic E-state index is 12.9. The van der Waals surface area contributed by atoms with Crippen LogP contribution in [0.15, 0.2) is 48.7 Å². The molecule has 1 amide bonds. The summed E-state index contributed by atoms with van der Waals surface area (Å²) in [5.74, 6) is 1.25. The van der Waals surface area contributed by atoms with Crippen molar-refractivity contribution >= 4 is 23.3 Å². The summed E-state index contributed by atoms with van der Waals surface area (Å²) < 4.78 is 0. The van der Waals surface area contributed by atoms with Crippen LogP contribution < -0.4 is 4.90 Å². The SMILES string of the molecule is O=C(CN1CCN(c2ccccn2)CC1)N(Cc1ccc(Cl)cc1)C1CC1. The van der Waals surface area contributed by atoms with Gasteiger partial charge >= 0.3 is 0 Å². The zero-order valence-electron chi connectivity index (χ0n) is 15.4. The number of anilines is 1. The van der Waals surface area contributed by atoms with E-state index in [2.05, 4.69) is 14.8 Å². The van der Waals surface area contributed by atoms with Crippen molar-refractivity contribution in [1.82, 2.24) is 14.8 Å². The van der Waals surface area contributed by atoms with Crippen molar-refractivity contribution < 1.29 is 4.79 Å². The highest BCUT2D eigenvalue weighted by Crippen LogP contribution is 2.29. The first-order chi connectivity index (χ1) is 13.2. The lowest BCUT2D eigenvalue weighted by Gasteiger charge is -2.36. The van der Waals surface area contributed by atoms with Gasteiger partial charge in [-0.15, -0.1) is 0 Å². The van der Waals surface area contributed by atoms with Crippen LogP contribution in [0.5, 0.6) is 0 Å². The zero-order valence-corrected chi connectivity index (χ0v) is 16.2. The third-order valence-corrected chi connectivity index (χ3v) is 5.53. The minimum atomic E-state index is 0.235. The fraction of sp³-hybridized carbons (Fsp3) is 0.429. The Hall–Kier alpha value is -2.11. The van der Waals surface area contributed by atoms with Crippen molar-refractivity contribution in [2.24, 2.45) is 0 Å². The van der Waals surface area contributed by atoms with E-state index >= 15 is 0 Å². The molecule has 27 heavy (non-hydrogen) atoms. The minimum Gasteiger partial charge on any atom is -0.354 e. The van der Waals surface area contributed by atoms with Crippen LogP contribution in [0.3, 0.4) is 0 Å². The van der Waals surface area contributed by atoms with Crippen LogP contribution in [-0.2, 0) is 11.3 Å². The molecule has 1 aliphatic carbocycles. The van der Waals surface area contributed by atoms with Crippen LogP contribution in [0.1, 0.15) is 18.4 Å². The Morgan fingerprint density at radius 3 is 2.44 bits per heavy atom. The molecule has 142 valence electrons. The number of hydrogen-bond donors (Lipinski definition) is 0. The zero-order chi connectivity index (χ0) is 18.6. The first-order valence-corrected chi connectivity index (χ1v) is 9.99. The molecule has 0 N–H and O–H groups in total. The van der Waals surface area contributed by atoms with Crippen LogP contribution in [0, 0.1) is 0 Å². The van der Waals surface area contributed by atoms with Gasteiger partial charge in [-0.1, -0.05) is 29.8 Å². The van der Waals surface area contributed by atoms with Crippen molar-refractivity contribution in [3.8, 4) is 0 Å². The monoisotopic (exact) mass is 384 g/mol. The number of piperazine rings is 1. The van der Waals surface area contributed by atoms with Gasteiger partial charge in [0.1, 0.15) is 5.82 Å². The third kappa shape index (κ3) is 4.79. The van der Waals surface area contributed by atoms with E-state index < -0.39 is 0 Å². The average Bonchev–Trinajstić information content (AvgIpc) is 3.54. The summed E-state index contributed by atoms with van der Waals surface area (Å²) in [4.78, 5) is 24.0. The number of pyridine rings is 1. The molecule has 2 aromatic rings. The molecule has 2 fully saturated rings. The smallest absolute Gasteiger partial charge is 0.237 e. The molecule has 1 saturated carbocycles. The van der Waals surface area contributed by atoms with E-state index in [4.69, 9.17) is 11.6 Å². The predicted octanol–water partition coefficient (Wildman–Crippen LogP) is 3.05. The van der Waals surface area contributed by atoms with Gasteiger partial charge in [-0.25, -0.2) is 4.98 Å². The van der Waals surface area contributed by atoms with E-state index in [-0.39, 0.29) is 5.91 Å². The number of carbonyl (C=O) groups is 1. The van der Waals surface area contributed by atoms with Crippen LogP contribution in [-0.4, -0.2) is 59.5 Å². The maximum absolute atomic E-state index is 12.9. The predicted molar refractivity (Wildman–Crippen MR) is 108 cm³/mol. The van der Waals surface area contributed by atoms with Crippen molar-refractivity contribution in [3.63, 3.8) is 0 Å². The quantitative estimate of drug-likeness (QED) is 0.767. The van der Waals surface area contributed by atoms with E-state index in [9.17, 15) is 4.79 Å². The Morgan fingerprint density at radius 1 is 1.07 bits per heavy atom. The van der Waals surface area contributed by atoms with Gasteiger partial charge in [0.05, 0.1) is 6.54 Å². The Bertz CT molecular complexity index is 756. The van der Waals surface area contributed by atoms with E-state index in [1.54, 1.807) is 0 Å². The molecular formula is C21H25ClN4O. The Kier molecular flexibility index (Phi) is 5.60. The molecule has 1 aromatic heterocycles. The molecule has 0 radical (unpaired) electrons. The molecule has 0 spiro atoms. The molecule has 5 nitrogen and oxygen atoms in total. The summed E-state index contributed by atoms with van der Waals surface area (Å²) in [5, 5.41) is 0.730. The number of nitrogens with zero attached hydrogens (tertiary/aromatic N) is 4. The number of carbonyl (C=O) groups excluding carboxylic acids is 1. The molecule has 1 aliphatic heterocycles. The normalized spacial score (nSPS) is 17.7. The summed E-state index contributed by atoms with van der Waals surface area (Å²) >= 11 is 5.97. The number of halogens is 1. The van der Waals surface area contributed by atoms with Crippen LogP contribution in [0.4, 0.5) is 5.82 Å². The van der Waals surface area contributed by atoms with Gasteiger partial charge in [-0.2, -0.15) is 0 Å². The van der Waals surface area contributed by atoms with Gasteiger partial charge in [0, 0.05) is 50.0 Å². The number of benzene rings is 1. The van der Waals surface area contributed by atoms with Crippen LogP contribution >= 0.6 is 11.6 Å². The fourth-order valence-electron chi connectivity index (χ4n) is 3.55. The Morgan fingerprint density at radius 2 is 1.81 bits per heavy atom. The van der Waals surface area contributed by atoms with Crippen LogP contribution in [0.25, 0.3) is 0 Å². The highest BCUT2D eigenvalue weighted by molar-refractivity contribution is 6.30. The maximum Gasteiger partial charge on any atom is 0.237 e. The van der Waals surface area contributed by atoms with Gasteiger partial charge in [0.2, 0.25) is 5.91 Å². The average molecular weight is 385 g/mol. The Labute approximate surface area is 165 Å². The first kappa shape index (κ1) is 18.3. The second kappa shape index (κ2) is 8.28. The number of amides is 1. The van der Waals surface area contributed by atoms with Gasteiger partial charge in [-0.3, -0.25) is 9.69 Å². The largest absolute Gasteiger partial charge is 0.354 e. The lowest BCUT2D eigenvalue weighted by molar-refractivity contribution is -0.133. The molecule has 4 rings (SSSR count). The molecular weight excluding hydrogens is 360 g/mol. The van der Waals surface area contributed by atoms with Gasteiger partial charge < -0.3 is 9.80 Å². The number of rotatable bonds is 6. The van der Waals surface area contributed by atoms with E-state index in [0.717, 1.165) is 55.4 Å². The van der Waals surface area contributed by atoms with Crippen molar-refractivity contribution in [1.29, 1.82) is 0 Å². The summed E-state index contributed by atoms with van der Waals surface area (Å²) in [7, 11) is 0. The topological polar surface area (TPSA) is 39.7 Å². The van der Waals surface area contributed by atoms with Crippen molar-refractivity contribution in [2.45, 2.75) is 25.4 Å². The summed E-state index contributed by atoms with van der Waals surface area (Å²) in [6.07, 6.45) is 4.06. The van der Waals surface area contributed by atoms with Crippen molar-refractivity contribution in [2.75, 3.05) is 37.6 Å². The van der Waals surface area contributed by atoms with E-state index in [1.165, 1.54) is 0 Å². The molecule has 2 aliphatic rings. The Balaban J connectivity index is 1.31. The van der Waals surface area contributed by atoms with Crippen LogP contribution in [0.2, 0.25) is 5.02 Å². The fourth-order valence-corrected chi connectivity index (χ4v) is 3.68. The second-order valence-corrected chi connectivity index (χ2v) is 7.77. The number of hydrogen-bond acceptors (Lipinski definition) is 4. The summed E-state index contributed by atoms with van der Waals surface area (Å²) in [5.41, 5.74) is 1.14. The summed E-state index contributed by atoms with van der Waals surface area (Å²) in [6, 6.07) is 14.2. The molecule has 1 saturated heterocycles. The molecule has 0 unspecified atom stereocenters. The van der Waals surface area contributed by atoms with E-state index in [0.29, 0.717) is 19.1 Å². The first-order valence-electron chi connectivity index (χ1n) is 9.61. The molecule has 1 aromatic carbocycles. The van der Waals surface area contributed by atoms with Gasteiger partial charge in [0.15, 0.2) is 0 Å². The van der Waals surface area contributed by atoms with Gasteiger partial charge in [0.25, 0.3) is 0 Å². The summed E-state index contributed by atoms with van der Waals surface area (Å²) in [6.45, 7) is 4.77.